The van der Waals surface area contributed by atoms with Gasteiger partial charge in [0.15, 0.2) is 5.78 Å². The number of rotatable bonds is 31. The van der Waals surface area contributed by atoms with Crippen LogP contribution < -0.4 is 0 Å². The lowest BCUT2D eigenvalue weighted by Gasteiger charge is -2.15. The molecule has 2 unspecified atom stereocenters. The minimum Gasteiger partial charge on any atom is -0.394 e. The first-order valence-corrected chi connectivity index (χ1v) is 17.8. The summed E-state index contributed by atoms with van der Waals surface area (Å²) in [4.78, 5) is 37.5. The molecular formula is C39H64O6. The zero-order valence-corrected chi connectivity index (χ0v) is 28.4. The number of aliphatic hydroxyl groups excluding tert-OH is 3. The average Bonchev–Trinajstić information content (AvgIpc) is 3.04. The predicted octanol–water partition coefficient (Wildman–Crippen LogP) is 8.65. The molecule has 256 valence electrons. The number of aliphatic hydroxyl groups is 3. The Balaban J connectivity index is 4.18. The van der Waals surface area contributed by atoms with Crippen LogP contribution in [0.2, 0.25) is 0 Å². The van der Waals surface area contributed by atoms with Crippen molar-refractivity contribution in [1.82, 2.24) is 0 Å². The summed E-state index contributed by atoms with van der Waals surface area (Å²) in [6.07, 6.45) is 35.5. The summed E-state index contributed by atoms with van der Waals surface area (Å²) in [5, 5.41) is 27.4. The third-order valence-electron chi connectivity index (χ3n) is 7.96. The Labute approximate surface area is 274 Å². The van der Waals surface area contributed by atoms with Gasteiger partial charge in [-0.25, -0.2) is 0 Å². The van der Waals surface area contributed by atoms with Crippen LogP contribution in [-0.4, -0.2) is 51.5 Å². The van der Waals surface area contributed by atoms with Crippen molar-refractivity contribution in [2.45, 2.75) is 154 Å². The molecule has 0 rings (SSSR count). The van der Waals surface area contributed by atoms with Gasteiger partial charge in [0.1, 0.15) is 23.8 Å². The van der Waals surface area contributed by atoms with Gasteiger partial charge in [0.2, 0.25) is 0 Å². The molecule has 0 aromatic rings. The molecule has 0 aromatic heterocycles. The van der Waals surface area contributed by atoms with E-state index in [4.69, 9.17) is 5.11 Å². The van der Waals surface area contributed by atoms with Gasteiger partial charge in [-0.15, -0.1) is 0 Å². The first kappa shape index (κ1) is 42.6. The van der Waals surface area contributed by atoms with Crippen LogP contribution >= 0.6 is 0 Å². The average molecular weight is 629 g/mol. The first-order chi connectivity index (χ1) is 21.9. The van der Waals surface area contributed by atoms with Gasteiger partial charge in [-0.2, -0.15) is 0 Å². The maximum absolute atomic E-state index is 12.9. The SMILES string of the molecule is CCCCCCCC(=O)C(CCCCCCCCC=CC=CC=CC=CC=CC(=O)C(O)C(O)CO)C(=O)CCCCCCC. The van der Waals surface area contributed by atoms with E-state index in [1.54, 1.807) is 12.2 Å². The molecule has 0 fully saturated rings. The Morgan fingerprint density at radius 2 is 1.00 bits per heavy atom. The van der Waals surface area contributed by atoms with E-state index in [1.165, 1.54) is 57.4 Å². The summed E-state index contributed by atoms with van der Waals surface area (Å²) in [7, 11) is 0. The van der Waals surface area contributed by atoms with Gasteiger partial charge in [-0.3, -0.25) is 14.4 Å². The lowest BCUT2D eigenvalue weighted by Crippen LogP contribution is -2.35. The van der Waals surface area contributed by atoms with Crippen molar-refractivity contribution in [2.24, 2.45) is 5.92 Å². The van der Waals surface area contributed by atoms with Gasteiger partial charge in [-0.1, -0.05) is 152 Å². The van der Waals surface area contributed by atoms with Crippen LogP contribution in [0.1, 0.15) is 142 Å². The van der Waals surface area contributed by atoms with Crippen molar-refractivity contribution in [1.29, 1.82) is 0 Å². The standard InChI is InChI=1S/C39H64O6/c1-3-5-7-21-26-30-35(41)34(36(42)31-27-22-8-6-4-2)29-25-23-19-17-15-13-11-9-10-12-14-16-18-20-24-28-32-37(43)39(45)38(44)33-40/h9-10,12,14,16,18,20,24,28,32,34,38-40,44-45H,3-8,11,13,15,17,19,21-23,25-27,29-31,33H2,1-2H3. The van der Waals surface area contributed by atoms with Crippen LogP contribution in [0.25, 0.3) is 0 Å². The minimum absolute atomic E-state index is 0.192. The molecule has 0 aromatic carbocycles. The summed E-state index contributed by atoms with van der Waals surface area (Å²) in [6.45, 7) is 3.72. The van der Waals surface area contributed by atoms with Crippen molar-refractivity contribution >= 4 is 17.3 Å². The van der Waals surface area contributed by atoms with Crippen LogP contribution in [0.5, 0.6) is 0 Å². The zero-order valence-electron chi connectivity index (χ0n) is 28.4. The maximum Gasteiger partial charge on any atom is 0.186 e. The first-order valence-electron chi connectivity index (χ1n) is 17.8. The molecule has 0 spiro atoms. The van der Waals surface area contributed by atoms with Gasteiger partial charge in [0, 0.05) is 12.8 Å². The number of hydrogen-bond donors (Lipinski definition) is 3. The van der Waals surface area contributed by atoms with E-state index in [9.17, 15) is 24.6 Å². The number of carbonyl (C=O) groups excluding carboxylic acids is 3. The van der Waals surface area contributed by atoms with Crippen LogP contribution in [0.4, 0.5) is 0 Å². The highest BCUT2D eigenvalue weighted by Gasteiger charge is 2.25. The van der Waals surface area contributed by atoms with Gasteiger partial charge < -0.3 is 15.3 Å². The highest BCUT2D eigenvalue weighted by atomic mass is 16.4. The number of allylic oxidation sites excluding steroid dienone is 9. The van der Waals surface area contributed by atoms with Gasteiger partial charge in [-0.05, 0) is 38.2 Å². The molecule has 0 saturated carbocycles. The van der Waals surface area contributed by atoms with Crippen molar-refractivity contribution in [3.8, 4) is 0 Å². The van der Waals surface area contributed by atoms with E-state index in [-0.39, 0.29) is 17.5 Å². The predicted molar refractivity (Wildman–Crippen MR) is 187 cm³/mol. The van der Waals surface area contributed by atoms with Crippen molar-refractivity contribution < 1.29 is 29.7 Å². The molecule has 2 atom stereocenters. The number of Topliss-reactive ketones (excluding diaryl/α,β-unsaturated/α-hetero) is 2. The molecule has 3 N–H and O–H groups in total. The Morgan fingerprint density at radius 3 is 1.53 bits per heavy atom. The summed E-state index contributed by atoms with van der Waals surface area (Å²) in [5.41, 5.74) is 0. The van der Waals surface area contributed by atoms with Crippen molar-refractivity contribution in [3.63, 3.8) is 0 Å². The summed E-state index contributed by atoms with van der Waals surface area (Å²) < 4.78 is 0. The third-order valence-corrected chi connectivity index (χ3v) is 7.96. The third kappa shape index (κ3) is 25.5. The monoisotopic (exact) mass is 628 g/mol. The Hall–Kier alpha value is -2.41. The second-order valence-corrected chi connectivity index (χ2v) is 12.1. The van der Waals surface area contributed by atoms with Crippen LogP contribution in [0, 0.1) is 5.92 Å². The van der Waals surface area contributed by atoms with E-state index in [2.05, 4.69) is 19.9 Å². The molecule has 6 heteroatoms. The molecule has 45 heavy (non-hydrogen) atoms. The number of hydrogen-bond acceptors (Lipinski definition) is 6. The molecule has 0 aliphatic heterocycles. The topological polar surface area (TPSA) is 112 Å². The van der Waals surface area contributed by atoms with Crippen LogP contribution in [0.3, 0.4) is 0 Å². The molecule has 0 saturated heterocycles. The Morgan fingerprint density at radius 1 is 0.556 bits per heavy atom. The summed E-state index contributed by atoms with van der Waals surface area (Å²) in [6, 6.07) is 0. The molecule has 0 amide bonds. The van der Waals surface area contributed by atoms with Gasteiger partial charge >= 0.3 is 0 Å². The zero-order chi connectivity index (χ0) is 33.4. The smallest absolute Gasteiger partial charge is 0.186 e. The molecular weight excluding hydrogens is 564 g/mol. The molecule has 6 nitrogen and oxygen atoms in total. The van der Waals surface area contributed by atoms with E-state index in [0.29, 0.717) is 12.8 Å². The summed E-state index contributed by atoms with van der Waals surface area (Å²) in [5.74, 6) is -0.644. The lowest BCUT2D eigenvalue weighted by atomic mass is 9.87. The largest absolute Gasteiger partial charge is 0.394 e. The molecule has 0 aliphatic carbocycles. The molecule has 0 heterocycles. The Bertz CT molecular complexity index is 871. The Kier molecular flexibility index (Phi) is 29.9. The second kappa shape index (κ2) is 31.6. The molecule has 0 radical (unpaired) electrons. The van der Waals surface area contributed by atoms with Crippen molar-refractivity contribution in [3.05, 3.63) is 60.8 Å². The van der Waals surface area contributed by atoms with Gasteiger partial charge in [0.05, 0.1) is 12.5 Å². The number of unbranched alkanes of at least 4 members (excludes halogenated alkanes) is 14. The highest BCUT2D eigenvalue weighted by Crippen LogP contribution is 2.20. The lowest BCUT2D eigenvalue weighted by molar-refractivity contribution is -0.133. The fourth-order valence-electron chi connectivity index (χ4n) is 5.07. The quantitative estimate of drug-likeness (QED) is 0.0307. The molecule has 0 aliphatic rings. The number of carbonyl (C=O) groups is 3. The maximum atomic E-state index is 12.9. The van der Waals surface area contributed by atoms with Gasteiger partial charge in [0.25, 0.3) is 0 Å². The molecule has 0 bridgehead atoms. The fraction of sp³-hybridized carbons (Fsp3) is 0.667. The fourth-order valence-corrected chi connectivity index (χ4v) is 5.07. The van der Waals surface area contributed by atoms with Crippen molar-refractivity contribution in [2.75, 3.05) is 6.61 Å². The van der Waals surface area contributed by atoms with Crippen LogP contribution in [0.15, 0.2) is 60.8 Å². The van der Waals surface area contributed by atoms with E-state index < -0.39 is 24.6 Å². The number of ketones is 3. The van der Waals surface area contributed by atoms with E-state index in [0.717, 1.165) is 70.3 Å². The summed E-state index contributed by atoms with van der Waals surface area (Å²) >= 11 is 0. The van der Waals surface area contributed by atoms with E-state index in [1.807, 2.05) is 30.4 Å². The minimum atomic E-state index is -1.62. The second-order valence-electron chi connectivity index (χ2n) is 12.1. The van der Waals surface area contributed by atoms with E-state index >= 15 is 0 Å². The highest BCUT2D eigenvalue weighted by molar-refractivity contribution is 6.02. The van der Waals surface area contributed by atoms with Crippen LogP contribution in [-0.2, 0) is 14.4 Å². The normalized spacial score (nSPS) is 13.8.